The monoisotopic (exact) mass is 295 g/mol. The Hall–Kier alpha value is 0.189. The van der Waals surface area contributed by atoms with Crippen LogP contribution >= 0.6 is 0 Å². The van der Waals surface area contributed by atoms with Gasteiger partial charge in [0.15, 0.2) is 0 Å². The van der Waals surface area contributed by atoms with Gasteiger partial charge in [-0.1, -0.05) is 0 Å². The van der Waals surface area contributed by atoms with Crippen molar-refractivity contribution in [1.82, 2.24) is 4.98 Å². The topological polar surface area (TPSA) is 12.9 Å². The first kappa shape index (κ1) is 10.3. The SMILES string of the molecule is C[Se]c1nc([Se]C)c(C)cc1C. The summed E-state index contributed by atoms with van der Waals surface area (Å²) >= 11 is 1.08. The summed E-state index contributed by atoms with van der Waals surface area (Å²) in [6.07, 6.45) is 0. The summed E-state index contributed by atoms with van der Waals surface area (Å²) in [7, 11) is 0. The number of pyridine rings is 1. The Bertz CT molecular complexity index is 259. The molecule has 3 heteroatoms. The molecule has 0 atom stereocenters. The van der Waals surface area contributed by atoms with E-state index in [0.29, 0.717) is 29.9 Å². The van der Waals surface area contributed by atoms with Gasteiger partial charge in [0.2, 0.25) is 0 Å². The van der Waals surface area contributed by atoms with Gasteiger partial charge in [-0.3, -0.25) is 0 Å². The fraction of sp³-hybridized carbons (Fsp3) is 0.444. The van der Waals surface area contributed by atoms with Crippen molar-refractivity contribution in [1.29, 1.82) is 0 Å². The Morgan fingerprint density at radius 2 is 1.42 bits per heavy atom. The van der Waals surface area contributed by atoms with Gasteiger partial charge in [-0.15, -0.1) is 0 Å². The summed E-state index contributed by atoms with van der Waals surface area (Å²) in [5, 5.41) is 0. The van der Waals surface area contributed by atoms with Gasteiger partial charge in [0.25, 0.3) is 0 Å². The molecule has 0 saturated carbocycles. The second-order valence-corrected chi connectivity index (χ2v) is 5.98. The summed E-state index contributed by atoms with van der Waals surface area (Å²) < 4.78 is 2.65. The van der Waals surface area contributed by atoms with Crippen molar-refractivity contribution in [2.24, 2.45) is 0 Å². The molecule has 1 heterocycles. The van der Waals surface area contributed by atoms with Crippen LogP contribution in [0.4, 0.5) is 0 Å². The number of hydrogen-bond acceptors (Lipinski definition) is 1. The van der Waals surface area contributed by atoms with Gasteiger partial charge >= 0.3 is 86.8 Å². The molecule has 0 amide bonds. The van der Waals surface area contributed by atoms with E-state index in [1.54, 1.807) is 0 Å². The molecule has 0 aromatic carbocycles. The van der Waals surface area contributed by atoms with Crippen molar-refractivity contribution in [2.45, 2.75) is 25.5 Å². The van der Waals surface area contributed by atoms with Crippen LogP contribution < -0.4 is 9.18 Å². The first-order valence-corrected chi connectivity index (χ1v) is 8.89. The summed E-state index contributed by atoms with van der Waals surface area (Å²) in [6.45, 7) is 4.32. The molecule has 0 bridgehead atoms. The van der Waals surface area contributed by atoms with Gasteiger partial charge in [-0.2, -0.15) is 0 Å². The Labute approximate surface area is 86.7 Å². The van der Waals surface area contributed by atoms with Gasteiger partial charge in [-0.25, -0.2) is 0 Å². The molecular weight excluding hydrogens is 280 g/mol. The Morgan fingerprint density at radius 3 is 1.75 bits per heavy atom. The van der Waals surface area contributed by atoms with Crippen LogP contribution in [0.1, 0.15) is 11.1 Å². The molecule has 0 aliphatic carbocycles. The van der Waals surface area contributed by atoms with E-state index in [1.165, 1.54) is 20.3 Å². The molecule has 0 radical (unpaired) electrons. The van der Waals surface area contributed by atoms with Crippen LogP contribution in [0.15, 0.2) is 6.07 Å². The van der Waals surface area contributed by atoms with Crippen LogP contribution in [-0.4, -0.2) is 34.9 Å². The normalized spacial score (nSPS) is 10.3. The maximum absolute atomic E-state index is 4.66. The molecule has 1 aromatic rings. The third-order valence-corrected chi connectivity index (χ3v) is 5.05. The Kier molecular flexibility index (Phi) is 3.79. The molecule has 0 unspecified atom stereocenters. The zero-order valence-corrected chi connectivity index (χ0v) is 11.3. The van der Waals surface area contributed by atoms with E-state index in [0.717, 1.165) is 0 Å². The molecule has 0 fully saturated rings. The van der Waals surface area contributed by atoms with Gasteiger partial charge in [0, 0.05) is 0 Å². The maximum atomic E-state index is 4.66. The molecular formula is C9H13NSe2. The van der Waals surface area contributed by atoms with E-state index in [9.17, 15) is 0 Å². The minimum absolute atomic E-state index is 0.539. The average Bonchev–Trinajstić information content (AvgIpc) is 2.05. The van der Waals surface area contributed by atoms with Crippen LogP contribution in [-0.2, 0) is 0 Å². The number of aryl methyl sites for hydroxylation is 2. The predicted molar refractivity (Wildman–Crippen MR) is 56.2 cm³/mol. The first-order valence-electron chi connectivity index (χ1n) is 3.75. The van der Waals surface area contributed by atoms with E-state index in [2.05, 4.69) is 36.5 Å². The molecule has 0 aliphatic rings. The zero-order chi connectivity index (χ0) is 9.14. The fourth-order valence-electron chi connectivity index (χ4n) is 1.13. The van der Waals surface area contributed by atoms with Gasteiger partial charge in [0.1, 0.15) is 0 Å². The minimum atomic E-state index is 0.539. The van der Waals surface area contributed by atoms with Crippen LogP contribution in [0.2, 0.25) is 11.6 Å². The third-order valence-electron chi connectivity index (χ3n) is 1.70. The molecule has 12 heavy (non-hydrogen) atoms. The van der Waals surface area contributed by atoms with E-state index < -0.39 is 0 Å². The van der Waals surface area contributed by atoms with E-state index in [-0.39, 0.29) is 0 Å². The van der Waals surface area contributed by atoms with Crippen molar-refractivity contribution >= 4 is 39.1 Å². The van der Waals surface area contributed by atoms with Crippen LogP contribution in [0, 0.1) is 13.8 Å². The molecule has 0 saturated heterocycles. The quantitative estimate of drug-likeness (QED) is 0.722. The van der Waals surface area contributed by atoms with Gasteiger partial charge in [0.05, 0.1) is 0 Å². The van der Waals surface area contributed by atoms with E-state index in [4.69, 9.17) is 0 Å². The summed E-state index contributed by atoms with van der Waals surface area (Å²) in [5.41, 5.74) is 2.73. The van der Waals surface area contributed by atoms with Gasteiger partial charge in [-0.05, 0) is 0 Å². The second kappa shape index (κ2) is 4.43. The number of rotatable bonds is 2. The van der Waals surface area contributed by atoms with Gasteiger partial charge < -0.3 is 0 Å². The molecule has 0 aliphatic heterocycles. The predicted octanol–water partition coefficient (Wildman–Crippen LogP) is 0.454. The third kappa shape index (κ3) is 2.11. The standard InChI is InChI=1S/C9H13NSe2/c1-6-5-7(2)9(12-4)10-8(6)11-3/h5H,1-4H3. The molecule has 1 rings (SSSR count). The molecule has 0 spiro atoms. The molecule has 1 aromatic heterocycles. The zero-order valence-electron chi connectivity index (χ0n) is 7.84. The van der Waals surface area contributed by atoms with Crippen molar-refractivity contribution in [3.63, 3.8) is 0 Å². The van der Waals surface area contributed by atoms with E-state index >= 15 is 0 Å². The average molecular weight is 293 g/mol. The Morgan fingerprint density at radius 1 is 1.00 bits per heavy atom. The Balaban J connectivity index is 3.18. The molecule has 66 valence electrons. The van der Waals surface area contributed by atoms with Crippen LogP contribution in [0.3, 0.4) is 0 Å². The summed E-state index contributed by atoms with van der Waals surface area (Å²) in [6, 6.07) is 2.27. The molecule has 0 N–H and O–H groups in total. The van der Waals surface area contributed by atoms with E-state index in [1.807, 2.05) is 0 Å². The summed E-state index contributed by atoms with van der Waals surface area (Å²) in [4.78, 5) is 4.66. The first-order chi connectivity index (χ1) is 5.69. The number of nitrogens with zero attached hydrogens (tertiary/aromatic N) is 1. The number of hydrogen-bond donors (Lipinski definition) is 0. The van der Waals surface area contributed by atoms with Crippen molar-refractivity contribution in [3.8, 4) is 0 Å². The van der Waals surface area contributed by atoms with Crippen molar-refractivity contribution < 1.29 is 0 Å². The van der Waals surface area contributed by atoms with Crippen molar-refractivity contribution in [3.05, 3.63) is 17.2 Å². The van der Waals surface area contributed by atoms with Crippen LogP contribution in [0.5, 0.6) is 0 Å². The summed E-state index contributed by atoms with van der Waals surface area (Å²) in [5.74, 6) is 4.45. The second-order valence-electron chi connectivity index (χ2n) is 2.64. The van der Waals surface area contributed by atoms with Crippen LogP contribution in [0.25, 0.3) is 0 Å². The number of aromatic nitrogens is 1. The fourth-order valence-corrected chi connectivity index (χ4v) is 3.79. The van der Waals surface area contributed by atoms with Crippen molar-refractivity contribution in [2.75, 3.05) is 0 Å². The molecule has 1 nitrogen and oxygen atoms in total.